The predicted octanol–water partition coefficient (Wildman–Crippen LogP) is 2.69. The number of aromatic nitrogens is 1. The number of sulfonamides is 1. The summed E-state index contributed by atoms with van der Waals surface area (Å²) in [6, 6.07) is 6.64. The highest BCUT2D eigenvalue weighted by atomic mass is 35.5. The Bertz CT molecular complexity index is 751. The molecule has 5 nitrogen and oxygen atoms in total. The summed E-state index contributed by atoms with van der Waals surface area (Å²) in [5, 5.41) is 8.45. The lowest BCUT2D eigenvalue weighted by Gasteiger charge is -2.16. The first-order valence-corrected chi connectivity index (χ1v) is 7.90. The molecular weight excluding hydrogens is 317 g/mol. The molecule has 112 valence electrons. The Kier molecular flexibility index (Phi) is 4.46. The van der Waals surface area contributed by atoms with Crippen LogP contribution in [0.25, 0.3) is 0 Å². The number of nitrogens with two attached hydrogens (primary N) is 1. The molecule has 3 N–H and O–H groups in total. The zero-order valence-electron chi connectivity index (χ0n) is 11.0. The summed E-state index contributed by atoms with van der Waals surface area (Å²) in [6.07, 6.45) is 1.11. The van der Waals surface area contributed by atoms with E-state index in [4.69, 9.17) is 16.7 Å². The van der Waals surface area contributed by atoms with Crippen molar-refractivity contribution in [2.24, 2.45) is 5.14 Å². The van der Waals surface area contributed by atoms with E-state index in [0.717, 1.165) is 6.20 Å². The zero-order chi connectivity index (χ0) is 15.6. The fourth-order valence-electron chi connectivity index (χ4n) is 1.74. The van der Waals surface area contributed by atoms with Crippen LogP contribution in [-0.4, -0.2) is 13.4 Å². The summed E-state index contributed by atoms with van der Waals surface area (Å²) in [5.74, 6) is -0.430. The third kappa shape index (κ3) is 3.90. The maximum atomic E-state index is 12.8. The second kappa shape index (κ2) is 5.97. The largest absolute Gasteiger partial charge is 0.376 e. The van der Waals surface area contributed by atoms with Crippen molar-refractivity contribution in [3.63, 3.8) is 0 Å². The number of halogens is 2. The van der Waals surface area contributed by atoms with Crippen molar-refractivity contribution in [1.29, 1.82) is 0 Å². The van der Waals surface area contributed by atoms with Gasteiger partial charge in [-0.15, -0.1) is 0 Å². The number of nitrogens with zero attached hydrogens (tertiary/aromatic N) is 1. The first-order valence-electron chi connectivity index (χ1n) is 5.98. The molecule has 0 saturated carbocycles. The Labute approximate surface area is 127 Å². The van der Waals surface area contributed by atoms with Crippen molar-refractivity contribution in [3.8, 4) is 0 Å². The van der Waals surface area contributed by atoms with Crippen LogP contribution in [0.15, 0.2) is 41.4 Å². The van der Waals surface area contributed by atoms with Gasteiger partial charge in [-0.05, 0) is 37.3 Å². The van der Waals surface area contributed by atoms with E-state index in [9.17, 15) is 12.8 Å². The van der Waals surface area contributed by atoms with Crippen molar-refractivity contribution in [1.82, 2.24) is 4.98 Å². The lowest BCUT2D eigenvalue weighted by atomic mass is 10.2. The van der Waals surface area contributed by atoms with Gasteiger partial charge in [0.05, 0.1) is 33.5 Å². The molecule has 8 heteroatoms. The van der Waals surface area contributed by atoms with Crippen LogP contribution in [0.3, 0.4) is 0 Å². The molecule has 0 aliphatic rings. The quantitative estimate of drug-likeness (QED) is 0.903. The van der Waals surface area contributed by atoms with Gasteiger partial charge in [-0.1, -0.05) is 11.6 Å². The van der Waals surface area contributed by atoms with E-state index in [0.29, 0.717) is 16.4 Å². The topological polar surface area (TPSA) is 85.1 Å². The maximum Gasteiger partial charge on any atom is 0.238 e. The van der Waals surface area contributed by atoms with E-state index in [1.165, 1.54) is 30.3 Å². The number of benzene rings is 1. The second-order valence-electron chi connectivity index (χ2n) is 4.45. The van der Waals surface area contributed by atoms with Crippen LogP contribution in [0.2, 0.25) is 5.02 Å². The molecule has 2 rings (SSSR count). The van der Waals surface area contributed by atoms with E-state index in [1.807, 2.05) is 0 Å². The van der Waals surface area contributed by atoms with Crippen molar-refractivity contribution in [3.05, 3.63) is 53.1 Å². The molecule has 0 aliphatic heterocycles. The minimum atomic E-state index is -3.81. The Balaban J connectivity index is 2.28. The Morgan fingerprint density at radius 3 is 2.62 bits per heavy atom. The van der Waals surface area contributed by atoms with Crippen LogP contribution in [0.1, 0.15) is 18.7 Å². The summed E-state index contributed by atoms with van der Waals surface area (Å²) in [7, 11) is -3.81. The standard InChI is InChI=1S/C13H13ClFN3O2S/c1-8(12-5-2-9(15)7-17-12)18-13-6-10(21(16,19)20)3-4-11(13)14/h2-8,18H,1H3,(H2,16,19,20). The van der Waals surface area contributed by atoms with Crippen LogP contribution in [0, 0.1) is 5.82 Å². The molecule has 0 aliphatic carbocycles. The fourth-order valence-corrected chi connectivity index (χ4v) is 2.45. The summed E-state index contributed by atoms with van der Waals surface area (Å²) in [6.45, 7) is 1.79. The van der Waals surface area contributed by atoms with Gasteiger partial charge in [-0.3, -0.25) is 4.98 Å². The van der Waals surface area contributed by atoms with Crippen LogP contribution in [-0.2, 0) is 10.0 Å². The van der Waals surface area contributed by atoms with Crippen LogP contribution in [0.4, 0.5) is 10.1 Å². The van der Waals surface area contributed by atoms with Crippen LogP contribution in [0.5, 0.6) is 0 Å². The second-order valence-corrected chi connectivity index (χ2v) is 6.42. The van der Waals surface area contributed by atoms with Crippen LogP contribution >= 0.6 is 11.6 Å². The molecule has 1 atom stereocenters. The van der Waals surface area contributed by atoms with E-state index in [1.54, 1.807) is 6.92 Å². The fraction of sp³-hybridized carbons (Fsp3) is 0.154. The minimum absolute atomic E-state index is 0.0475. The molecule has 0 fully saturated rings. The first kappa shape index (κ1) is 15.7. The number of rotatable bonds is 4. The smallest absolute Gasteiger partial charge is 0.238 e. The van der Waals surface area contributed by atoms with E-state index < -0.39 is 15.8 Å². The average molecular weight is 330 g/mol. The predicted molar refractivity (Wildman–Crippen MR) is 79.1 cm³/mol. The first-order chi connectivity index (χ1) is 9.77. The highest BCUT2D eigenvalue weighted by Gasteiger charge is 2.13. The minimum Gasteiger partial charge on any atom is -0.376 e. The Morgan fingerprint density at radius 2 is 2.05 bits per heavy atom. The molecule has 0 bridgehead atoms. The van der Waals surface area contributed by atoms with Gasteiger partial charge < -0.3 is 5.32 Å². The highest BCUT2D eigenvalue weighted by molar-refractivity contribution is 7.89. The zero-order valence-corrected chi connectivity index (χ0v) is 12.6. The van der Waals surface area contributed by atoms with Gasteiger partial charge >= 0.3 is 0 Å². The van der Waals surface area contributed by atoms with Crippen molar-refractivity contribution < 1.29 is 12.8 Å². The Hall–Kier alpha value is -1.70. The summed E-state index contributed by atoms with van der Waals surface area (Å²) in [4.78, 5) is 3.90. The number of hydrogen-bond acceptors (Lipinski definition) is 4. The summed E-state index contributed by atoms with van der Waals surface area (Å²) >= 11 is 6.02. The molecule has 1 aromatic carbocycles. The molecule has 2 aromatic rings. The SMILES string of the molecule is CC(Nc1cc(S(N)(=O)=O)ccc1Cl)c1ccc(F)cn1. The van der Waals surface area contributed by atoms with Gasteiger partial charge in [0.1, 0.15) is 5.82 Å². The lowest BCUT2D eigenvalue weighted by Crippen LogP contribution is -2.13. The number of hydrogen-bond donors (Lipinski definition) is 2. The molecule has 1 aromatic heterocycles. The third-order valence-corrected chi connectivity index (χ3v) is 4.07. The molecule has 0 amide bonds. The van der Waals surface area contributed by atoms with Crippen molar-refractivity contribution >= 4 is 27.3 Å². The van der Waals surface area contributed by atoms with E-state index in [2.05, 4.69) is 10.3 Å². The number of primary sulfonamides is 1. The molecular formula is C13H13ClFN3O2S. The van der Waals surface area contributed by atoms with E-state index in [-0.39, 0.29) is 10.9 Å². The molecule has 21 heavy (non-hydrogen) atoms. The molecule has 0 spiro atoms. The molecule has 1 heterocycles. The summed E-state index contributed by atoms with van der Waals surface area (Å²) < 4.78 is 35.5. The molecule has 0 radical (unpaired) electrons. The van der Waals surface area contributed by atoms with Crippen molar-refractivity contribution in [2.45, 2.75) is 17.9 Å². The molecule has 1 unspecified atom stereocenters. The number of pyridine rings is 1. The molecule has 0 saturated heterocycles. The van der Waals surface area contributed by atoms with Gasteiger partial charge in [-0.25, -0.2) is 17.9 Å². The van der Waals surface area contributed by atoms with Gasteiger partial charge in [0.2, 0.25) is 10.0 Å². The van der Waals surface area contributed by atoms with Gasteiger partial charge in [0, 0.05) is 0 Å². The lowest BCUT2D eigenvalue weighted by molar-refractivity contribution is 0.597. The van der Waals surface area contributed by atoms with Gasteiger partial charge in [0.15, 0.2) is 0 Å². The monoisotopic (exact) mass is 329 g/mol. The number of anilines is 1. The third-order valence-electron chi connectivity index (χ3n) is 2.83. The Morgan fingerprint density at radius 1 is 1.33 bits per heavy atom. The maximum absolute atomic E-state index is 12.8. The van der Waals surface area contributed by atoms with Gasteiger partial charge in [0.25, 0.3) is 0 Å². The van der Waals surface area contributed by atoms with Crippen molar-refractivity contribution in [2.75, 3.05) is 5.32 Å². The highest BCUT2D eigenvalue weighted by Crippen LogP contribution is 2.28. The summed E-state index contributed by atoms with van der Waals surface area (Å²) in [5.41, 5.74) is 0.996. The van der Waals surface area contributed by atoms with Gasteiger partial charge in [-0.2, -0.15) is 0 Å². The normalized spacial score (nSPS) is 13.0. The average Bonchev–Trinajstić information content (AvgIpc) is 2.40. The van der Waals surface area contributed by atoms with Crippen LogP contribution < -0.4 is 10.5 Å². The number of nitrogens with one attached hydrogen (secondary N) is 1. The van der Waals surface area contributed by atoms with E-state index >= 15 is 0 Å².